The fourth-order valence-corrected chi connectivity index (χ4v) is 1.10. The van der Waals surface area contributed by atoms with Crippen LogP contribution in [0.4, 0.5) is 5.95 Å². The molecule has 6 nitrogen and oxygen atoms in total. The lowest BCUT2D eigenvalue weighted by atomic mass is 10.3. The molecular weight excluding hydrogens is 194 g/mol. The quantitative estimate of drug-likeness (QED) is 0.787. The minimum absolute atomic E-state index is 0.399. The van der Waals surface area contributed by atoms with Crippen molar-refractivity contribution in [3.8, 4) is 17.5 Å². The molecule has 0 aliphatic rings. The zero-order valence-electron chi connectivity index (χ0n) is 8.35. The summed E-state index contributed by atoms with van der Waals surface area (Å²) in [4.78, 5) is 8.68. The van der Waals surface area contributed by atoms with Crippen molar-refractivity contribution < 1.29 is 4.52 Å². The van der Waals surface area contributed by atoms with E-state index in [-0.39, 0.29) is 0 Å². The molecule has 0 aromatic carbocycles. The molecule has 0 saturated carbocycles. The van der Waals surface area contributed by atoms with Gasteiger partial charge in [0.15, 0.2) is 0 Å². The van der Waals surface area contributed by atoms with E-state index in [0.717, 1.165) is 0 Å². The largest absolute Gasteiger partial charge is 0.352 e. The highest BCUT2D eigenvalue weighted by Gasteiger charge is 2.11. The van der Waals surface area contributed by atoms with Gasteiger partial charge in [-0.2, -0.15) is 10.2 Å². The SMILES string of the molecule is CN(C)c1noc(-c2c[nH]c(C#N)c2)n1. The van der Waals surface area contributed by atoms with E-state index in [0.29, 0.717) is 23.1 Å². The zero-order chi connectivity index (χ0) is 10.8. The molecule has 2 aromatic rings. The van der Waals surface area contributed by atoms with E-state index in [4.69, 9.17) is 9.78 Å². The van der Waals surface area contributed by atoms with Crippen molar-refractivity contribution in [1.29, 1.82) is 5.26 Å². The third-order valence-corrected chi connectivity index (χ3v) is 1.87. The van der Waals surface area contributed by atoms with Gasteiger partial charge < -0.3 is 14.4 Å². The van der Waals surface area contributed by atoms with Gasteiger partial charge in [0.2, 0.25) is 0 Å². The highest BCUT2D eigenvalue weighted by atomic mass is 16.5. The Bertz CT molecular complexity index is 505. The van der Waals surface area contributed by atoms with Gasteiger partial charge in [0.05, 0.1) is 5.56 Å². The van der Waals surface area contributed by atoms with E-state index in [1.54, 1.807) is 17.2 Å². The monoisotopic (exact) mass is 203 g/mol. The number of nitrogens with one attached hydrogen (secondary N) is 1. The molecule has 0 atom stereocenters. The summed E-state index contributed by atoms with van der Waals surface area (Å²) in [5.74, 6) is 0.904. The Hall–Kier alpha value is -2.29. The average Bonchev–Trinajstić information content (AvgIpc) is 2.86. The molecular formula is C9H9N5O. The fraction of sp³-hybridized carbons (Fsp3) is 0.222. The first-order valence-corrected chi connectivity index (χ1v) is 4.30. The molecule has 0 bridgehead atoms. The van der Waals surface area contributed by atoms with Gasteiger partial charge in [-0.25, -0.2) is 0 Å². The number of H-pyrrole nitrogens is 1. The molecule has 6 heteroatoms. The fourth-order valence-electron chi connectivity index (χ4n) is 1.10. The second kappa shape index (κ2) is 3.46. The Balaban J connectivity index is 2.34. The average molecular weight is 203 g/mol. The maximum atomic E-state index is 8.64. The summed E-state index contributed by atoms with van der Waals surface area (Å²) in [6.07, 6.45) is 1.66. The number of anilines is 1. The minimum atomic E-state index is 0.399. The maximum absolute atomic E-state index is 8.64. The molecule has 2 rings (SSSR count). The number of hydrogen-bond donors (Lipinski definition) is 1. The third kappa shape index (κ3) is 1.67. The third-order valence-electron chi connectivity index (χ3n) is 1.87. The summed E-state index contributed by atoms with van der Waals surface area (Å²) in [5.41, 5.74) is 1.18. The zero-order valence-corrected chi connectivity index (χ0v) is 8.35. The molecule has 0 saturated heterocycles. The molecule has 2 aromatic heterocycles. The molecule has 2 heterocycles. The number of nitriles is 1. The normalized spacial score (nSPS) is 9.93. The van der Waals surface area contributed by atoms with Crippen LogP contribution in [0.1, 0.15) is 5.69 Å². The van der Waals surface area contributed by atoms with Crippen LogP contribution in [0.15, 0.2) is 16.8 Å². The first kappa shape index (κ1) is 9.27. The van der Waals surface area contributed by atoms with Crippen LogP contribution >= 0.6 is 0 Å². The van der Waals surface area contributed by atoms with Gasteiger partial charge in [0.25, 0.3) is 11.8 Å². The van der Waals surface area contributed by atoms with Crippen LogP contribution < -0.4 is 4.90 Å². The van der Waals surface area contributed by atoms with Crippen molar-refractivity contribution in [2.45, 2.75) is 0 Å². The van der Waals surface area contributed by atoms with Crippen LogP contribution in [0.3, 0.4) is 0 Å². The van der Waals surface area contributed by atoms with Crippen LogP contribution in [0.2, 0.25) is 0 Å². The molecule has 0 radical (unpaired) electrons. The predicted molar refractivity (Wildman–Crippen MR) is 53.1 cm³/mol. The lowest BCUT2D eigenvalue weighted by molar-refractivity contribution is 0.431. The summed E-state index contributed by atoms with van der Waals surface area (Å²) in [6.45, 7) is 0. The van der Waals surface area contributed by atoms with Gasteiger partial charge in [-0.1, -0.05) is 0 Å². The molecule has 0 spiro atoms. The van der Waals surface area contributed by atoms with E-state index in [2.05, 4.69) is 15.1 Å². The van der Waals surface area contributed by atoms with Crippen molar-refractivity contribution in [2.24, 2.45) is 0 Å². The molecule has 0 amide bonds. The molecule has 1 N–H and O–H groups in total. The number of aromatic amines is 1. The summed E-state index contributed by atoms with van der Waals surface area (Å²) >= 11 is 0. The van der Waals surface area contributed by atoms with Crippen molar-refractivity contribution in [2.75, 3.05) is 19.0 Å². The summed E-state index contributed by atoms with van der Waals surface area (Å²) in [6, 6.07) is 3.65. The van der Waals surface area contributed by atoms with E-state index in [1.165, 1.54) is 0 Å². The highest BCUT2D eigenvalue weighted by molar-refractivity contribution is 5.55. The Morgan fingerprint density at radius 2 is 2.33 bits per heavy atom. The van der Waals surface area contributed by atoms with Gasteiger partial charge in [-0.05, 0) is 11.2 Å². The molecule has 0 aliphatic carbocycles. The van der Waals surface area contributed by atoms with Gasteiger partial charge in [-0.3, -0.25) is 0 Å². The second-order valence-corrected chi connectivity index (χ2v) is 3.21. The molecule has 0 fully saturated rings. The van der Waals surface area contributed by atoms with Gasteiger partial charge in [-0.15, -0.1) is 0 Å². The summed E-state index contributed by atoms with van der Waals surface area (Å²) in [5, 5.41) is 12.4. The first-order valence-electron chi connectivity index (χ1n) is 4.30. The highest BCUT2D eigenvalue weighted by Crippen LogP contribution is 2.19. The topological polar surface area (TPSA) is 81.7 Å². The van der Waals surface area contributed by atoms with E-state index < -0.39 is 0 Å². The second-order valence-electron chi connectivity index (χ2n) is 3.21. The van der Waals surface area contributed by atoms with E-state index in [9.17, 15) is 0 Å². The summed E-state index contributed by atoms with van der Waals surface area (Å²) < 4.78 is 5.04. The van der Waals surface area contributed by atoms with Crippen LogP contribution in [0.5, 0.6) is 0 Å². The van der Waals surface area contributed by atoms with Crippen molar-refractivity contribution in [3.63, 3.8) is 0 Å². The maximum Gasteiger partial charge on any atom is 0.265 e. The van der Waals surface area contributed by atoms with Crippen LogP contribution in [-0.2, 0) is 0 Å². The Labute approximate surface area is 86.1 Å². The van der Waals surface area contributed by atoms with Crippen molar-refractivity contribution in [3.05, 3.63) is 18.0 Å². The Morgan fingerprint density at radius 3 is 2.87 bits per heavy atom. The number of nitrogens with zero attached hydrogens (tertiary/aromatic N) is 4. The van der Waals surface area contributed by atoms with E-state index >= 15 is 0 Å². The predicted octanol–water partition coefficient (Wildman–Crippen LogP) is 1.00. The smallest absolute Gasteiger partial charge is 0.265 e. The van der Waals surface area contributed by atoms with Gasteiger partial charge in [0.1, 0.15) is 11.8 Å². The lowest BCUT2D eigenvalue weighted by Gasteiger charge is -2.02. The molecule has 0 aliphatic heterocycles. The lowest BCUT2D eigenvalue weighted by Crippen LogP contribution is -2.09. The van der Waals surface area contributed by atoms with Crippen LogP contribution in [0, 0.1) is 11.3 Å². The molecule has 76 valence electrons. The van der Waals surface area contributed by atoms with Gasteiger partial charge in [0, 0.05) is 20.3 Å². The first-order chi connectivity index (χ1) is 7.20. The molecule has 0 unspecified atom stereocenters. The number of hydrogen-bond acceptors (Lipinski definition) is 5. The van der Waals surface area contributed by atoms with Gasteiger partial charge >= 0.3 is 0 Å². The van der Waals surface area contributed by atoms with Crippen LogP contribution in [0.25, 0.3) is 11.5 Å². The summed E-state index contributed by atoms with van der Waals surface area (Å²) in [7, 11) is 3.65. The Kier molecular flexibility index (Phi) is 2.14. The Morgan fingerprint density at radius 1 is 1.53 bits per heavy atom. The number of aromatic nitrogens is 3. The standard InChI is InChI=1S/C9H9N5O/c1-14(2)9-12-8(15-13-9)6-3-7(4-10)11-5-6/h3,5,11H,1-2H3. The van der Waals surface area contributed by atoms with Crippen molar-refractivity contribution >= 4 is 5.95 Å². The van der Waals surface area contributed by atoms with E-state index in [1.807, 2.05) is 20.2 Å². The minimum Gasteiger partial charge on any atom is -0.352 e. The molecule has 15 heavy (non-hydrogen) atoms. The number of rotatable bonds is 2. The van der Waals surface area contributed by atoms with Crippen LogP contribution in [-0.4, -0.2) is 29.2 Å². The van der Waals surface area contributed by atoms with Crippen molar-refractivity contribution in [1.82, 2.24) is 15.1 Å².